The van der Waals surface area contributed by atoms with Crippen molar-refractivity contribution in [1.82, 2.24) is 9.88 Å². The highest BCUT2D eigenvalue weighted by atomic mass is 127. The van der Waals surface area contributed by atoms with Crippen LogP contribution >= 0.6 is 33.9 Å². The molecule has 0 aliphatic heterocycles. The van der Waals surface area contributed by atoms with Gasteiger partial charge in [-0.2, -0.15) is 0 Å². The third-order valence-corrected chi connectivity index (χ3v) is 8.95. The molecule has 5 rings (SSSR count). The van der Waals surface area contributed by atoms with E-state index in [1.54, 1.807) is 17.6 Å². The van der Waals surface area contributed by atoms with Crippen molar-refractivity contribution in [1.29, 1.82) is 0 Å². The Bertz CT molecular complexity index is 1410. The van der Waals surface area contributed by atoms with Gasteiger partial charge >= 0.3 is 0 Å². The Morgan fingerprint density at radius 2 is 2.03 bits per heavy atom. The van der Waals surface area contributed by atoms with Crippen LogP contribution in [0.3, 0.4) is 0 Å². The van der Waals surface area contributed by atoms with Crippen molar-refractivity contribution in [2.45, 2.75) is 53.0 Å². The molecule has 4 aromatic rings. The Kier molecular flexibility index (Phi) is 6.98. The molecule has 1 aromatic carbocycles. The molecule has 3 aromatic heterocycles. The molecule has 3 heterocycles. The van der Waals surface area contributed by atoms with E-state index in [2.05, 4.69) is 77.5 Å². The van der Waals surface area contributed by atoms with Gasteiger partial charge in [0.1, 0.15) is 10.8 Å². The monoisotopic (exact) mass is 597 g/mol. The minimum Gasteiger partial charge on any atom is -0.467 e. The standard InChI is InChI=1S/C28H28IN3O2S/c1-17-10-11-21(14-24(17)29)32-18(2)13-20(19(32)3)15-31-28-26(23-8-4-5-9-25(23)35-28)27(33)30-16-22-7-6-12-34-22/h6-7,10-15H,4-5,8-9,16H2,1-3H3,(H,30,33). The predicted molar refractivity (Wildman–Crippen MR) is 151 cm³/mol. The highest BCUT2D eigenvalue weighted by Crippen LogP contribution is 2.40. The van der Waals surface area contributed by atoms with Crippen molar-refractivity contribution in [3.63, 3.8) is 0 Å². The normalized spacial score (nSPS) is 13.4. The molecule has 0 spiro atoms. The molecule has 5 nitrogen and oxygen atoms in total. The van der Waals surface area contributed by atoms with Crippen LogP contribution in [0, 0.1) is 24.3 Å². The summed E-state index contributed by atoms with van der Waals surface area (Å²) >= 11 is 4.05. The van der Waals surface area contributed by atoms with Gasteiger partial charge in [-0.05, 0) is 111 Å². The Hall–Kier alpha value is -2.65. The van der Waals surface area contributed by atoms with Gasteiger partial charge in [-0.25, -0.2) is 4.99 Å². The van der Waals surface area contributed by atoms with Crippen molar-refractivity contribution in [3.8, 4) is 5.69 Å². The summed E-state index contributed by atoms with van der Waals surface area (Å²) in [5.41, 5.74) is 7.68. The lowest BCUT2D eigenvalue weighted by molar-refractivity contribution is 0.0948. The molecule has 0 bridgehead atoms. The van der Waals surface area contributed by atoms with Gasteiger partial charge in [-0.15, -0.1) is 11.3 Å². The zero-order chi connectivity index (χ0) is 24.5. The quantitative estimate of drug-likeness (QED) is 0.189. The fourth-order valence-corrected chi connectivity index (χ4v) is 6.44. The van der Waals surface area contributed by atoms with Crippen LogP contribution in [0.4, 0.5) is 5.00 Å². The van der Waals surface area contributed by atoms with Crippen LogP contribution in [0.5, 0.6) is 0 Å². The number of aryl methyl sites for hydroxylation is 3. The molecular formula is C28H28IN3O2S. The average molecular weight is 598 g/mol. The van der Waals surface area contributed by atoms with Crippen molar-refractivity contribution in [2.75, 3.05) is 0 Å². The Morgan fingerprint density at radius 1 is 1.20 bits per heavy atom. The smallest absolute Gasteiger partial charge is 0.255 e. The summed E-state index contributed by atoms with van der Waals surface area (Å²) in [4.78, 5) is 19.4. The summed E-state index contributed by atoms with van der Waals surface area (Å²) in [6.45, 7) is 6.74. The van der Waals surface area contributed by atoms with Crippen molar-refractivity contribution >= 4 is 51.1 Å². The number of rotatable bonds is 6. The number of aliphatic imine (C=N–C) groups is 1. The van der Waals surface area contributed by atoms with Gasteiger partial charge in [-0.3, -0.25) is 4.79 Å². The average Bonchev–Trinajstić information content (AvgIpc) is 3.56. The van der Waals surface area contributed by atoms with Gasteiger partial charge in [0.2, 0.25) is 0 Å². The summed E-state index contributed by atoms with van der Waals surface area (Å²) in [6.07, 6.45) is 7.78. The molecule has 180 valence electrons. The third-order valence-electron chi connectivity index (χ3n) is 6.59. The first-order valence-electron chi connectivity index (χ1n) is 11.9. The largest absolute Gasteiger partial charge is 0.467 e. The summed E-state index contributed by atoms with van der Waals surface area (Å²) in [6, 6.07) is 12.4. The van der Waals surface area contributed by atoms with Crippen LogP contribution in [0.2, 0.25) is 0 Å². The molecule has 7 heteroatoms. The molecule has 0 atom stereocenters. The number of benzene rings is 1. The maximum Gasteiger partial charge on any atom is 0.255 e. The molecule has 0 saturated heterocycles. The number of nitrogens with zero attached hydrogens (tertiary/aromatic N) is 2. The minimum absolute atomic E-state index is 0.0762. The molecule has 1 aliphatic carbocycles. The van der Waals surface area contributed by atoms with Crippen LogP contribution in [0.15, 0.2) is 52.1 Å². The number of carbonyl (C=O) groups excluding carboxylic acids is 1. The molecular weight excluding hydrogens is 569 g/mol. The molecule has 0 saturated carbocycles. The van der Waals surface area contributed by atoms with E-state index >= 15 is 0 Å². The number of nitrogens with one attached hydrogen (secondary N) is 1. The Balaban J connectivity index is 1.46. The molecule has 0 fully saturated rings. The van der Waals surface area contributed by atoms with E-state index in [1.807, 2.05) is 18.3 Å². The molecule has 1 aliphatic rings. The van der Waals surface area contributed by atoms with Gasteiger partial charge < -0.3 is 14.3 Å². The third kappa shape index (κ3) is 4.89. The van der Waals surface area contributed by atoms with E-state index in [1.165, 1.54) is 26.0 Å². The van der Waals surface area contributed by atoms with Crippen molar-refractivity contribution < 1.29 is 9.21 Å². The van der Waals surface area contributed by atoms with Crippen LogP contribution in [-0.2, 0) is 19.4 Å². The van der Waals surface area contributed by atoms with Gasteiger partial charge in [0.25, 0.3) is 5.91 Å². The number of aromatic nitrogens is 1. The summed E-state index contributed by atoms with van der Waals surface area (Å²) in [7, 11) is 0. The minimum atomic E-state index is -0.0762. The van der Waals surface area contributed by atoms with E-state index in [4.69, 9.17) is 9.41 Å². The maximum atomic E-state index is 13.2. The second kappa shape index (κ2) is 10.1. The number of thiophene rings is 1. The number of furan rings is 1. The zero-order valence-electron chi connectivity index (χ0n) is 20.2. The molecule has 1 N–H and O–H groups in total. The second-order valence-electron chi connectivity index (χ2n) is 9.01. The second-order valence-corrected chi connectivity index (χ2v) is 11.3. The van der Waals surface area contributed by atoms with Gasteiger partial charge in [0, 0.05) is 37.3 Å². The summed E-state index contributed by atoms with van der Waals surface area (Å²) in [5.74, 6) is 0.665. The number of hydrogen-bond acceptors (Lipinski definition) is 4. The topological polar surface area (TPSA) is 59.5 Å². The first-order valence-corrected chi connectivity index (χ1v) is 13.8. The number of hydrogen-bond donors (Lipinski definition) is 1. The van der Waals surface area contributed by atoms with Gasteiger partial charge in [-0.1, -0.05) is 6.07 Å². The lowest BCUT2D eigenvalue weighted by Gasteiger charge is -2.12. The molecule has 35 heavy (non-hydrogen) atoms. The summed E-state index contributed by atoms with van der Waals surface area (Å²) in [5, 5.41) is 3.82. The van der Waals surface area contributed by atoms with Gasteiger partial charge in [0.05, 0.1) is 18.4 Å². The predicted octanol–water partition coefficient (Wildman–Crippen LogP) is 7.22. The lowest BCUT2D eigenvalue weighted by atomic mass is 9.95. The van der Waals surface area contributed by atoms with E-state index in [-0.39, 0.29) is 5.91 Å². The highest BCUT2D eigenvalue weighted by molar-refractivity contribution is 14.1. The first-order chi connectivity index (χ1) is 16.9. The van der Waals surface area contributed by atoms with Crippen LogP contribution < -0.4 is 5.32 Å². The molecule has 0 unspecified atom stereocenters. The zero-order valence-corrected chi connectivity index (χ0v) is 23.1. The van der Waals surface area contributed by atoms with Crippen LogP contribution in [-0.4, -0.2) is 16.7 Å². The molecule has 1 amide bonds. The number of carbonyl (C=O) groups is 1. The van der Waals surface area contributed by atoms with E-state index in [0.717, 1.165) is 58.2 Å². The van der Waals surface area contributed by atoms with Gasteiger partial charge in [0.15, 0.2) is 0 Å². The van der Waals surface area contributed by atoms with Crippen molar-refractivity contribution in [3.05, 3.63) is 90.5 Å². The van der Waals surface area contributed by atoms with Crippen molar-refractivity contribution in [2.24, 2.45) is 4.99 Å². The highest BCUT2D eigenvalue weighted by Gasteiger charge is 2.25. The Morgan fingerprint density at radius 3 is 2.80 bits per heavy atom. The lowest BCUT2D eigenvalue weighted by Crippen LogP contribution is -2.23. The number of fused-ring (bicyclic) bond motifs is 1. The maximum absolute atomic E-state index is 13.2. The first kappa shape index (κ1) is 24.1. The van der Waals surface area contributed by atoms with E-state index < -0.39 is 0 Å². The Labute approximate surface area is 223 Å². The number of amides is 1. The SMILES string of the molecule is Cc1ccc(-n2c(C)cc(C=Nc3sc4c(c3C(=O)NCc3ccco3)CCCC4)c2C)cc1I. The van der Waals surface area contributed by atoms with E-state index in [9.17, 15) is 4.79 Å². The summed E-state index contributed by atoms with van der Waals surface area (Å²) < 4.78 is 8.89. The fraction of sp³-hybridized carbons (Fsp3) is 0.286. The molecule has 0 radical (unpaired) electrons. The fourth-order valence-electron chi connectivity index (χ4n) is 4.71. The van der Waals surface area contributed by atoms with Crippen LogP contribution in [0.25, 0.3) is 5.69 Å². The van der Waals surface area contributed by atoms with Crippen LogP contribution in [0.1, 0.15) is 61.9 Å². The van der Waals surface area contributed by atoms with E-state index in [0.29, 0.717) is 6.54 Å². The number of halogens is 1.